The Morgan fingerprint density at radius 1 is 1.10 bits per heavy atom. The minimum Gasteiger partial charge on any atom is -0.394 e. The first-order valence-corrected chi connectivity index (χ1v) is 3.85. The van der Waals surface area contributed by atoms with Gasteiger partial charge in [0.2, 0.25) is 0 Å². The predicted octanol–water partition coefficient (Wildman–Crippen LogP) is -0.338. The van der Waals surface area contributed by atoms with Crippen molar-refractivity contribution >= 4 is 8.25 Å². The molecule has 0 aliphatic rings. The number of hydrogen-bond donors (Lipinski definition) is 2. The average molecular weight is 169 g/mol. The zero-order valence-electron chi connectivity index (χ0n) is 5.39. The van der Waals surface area contributed by atoms with Crippen LogP contribution in [0, 0.1) is 0 Å². The second-order valence-electron chi connectivity index (χ2n) is 1.34. The number of rotatable bonds is 6. The topological polar surface area (TPSA) is 76.0 Å². The summed E-state index contributed by atoms with van der Waals surface area (Å²) >= 11 is 0. The second-order valence-corrected chi connectivity index (χ2v) is 2.30. The molecular formula is C4H10O5P+. The van der Waals surface area contributed by atoms with Crippen LogP contribution in [0.15, 0.2) is 0 Å². The Hall–Kier alpha value is -0.0600. The molecule has 0 amide bonds. The van der Waals surface area contributed by atoms with Gasteiger partial charge in [0.05, 0.1) is 13.2 Å². The molecule has 0 radical (unpaired) electrons. The summed E-state index contributed by atoms with van der Waals surface area (Å²) in [5, 5.41) is 16.4. The molecule has 60 valence electrons. The summed E-state index contributed by atoms with van der Waals surface area (Å²) in [5.74, 6) is 0. The normalized spacial score (nSPS) is 9.80. The molecule has 0 heterocycles. The van der Waals surface area contributed by atoms with Crippen LogP contribution in [0.5, 0.6) is 0 Å². The van der Waals surface area contributed by atoms with E-state index in [4.69, 9.17) is 10.2 Å². The Balaban J connectivity index is 3.09. The summed E-state index contributed by atoms with van der Waals surface area (Å²) in [4.78, 5) is 0. The Kier molecular flexibility index (Phi) is 7.01. The number of aliphatic hydroxyl groups excluding tert-OH is 2. The van der Waals surface area contributed by atoms with Crippen molar-refractivity contribution in [3.63, 3.8) is 0 Å². The Bertz CT molecular complexity index is 85.6. The van der Waals surface area contributed by atoms with E-state index in [0.29, 0.717) is 0 Å². The second kappa shape index (κ2) is 7.05. The van der Waals surface area contributed by atoms with E-state index in [2.05, 4.69) is 9.05 Å². The van der Waals surface area contributed by atoms with Gasteiger partial charge in [-0.05, 0) is 0 Å². The molecule has 10 heavy (non-hydrogen) atoms. The lowest BCUT2D eigenvalue weighted by atomic mass is 10.8. The molecule has 0 aromatic carbocycles. The van der Waals surface area contributed by atoms with E-state index in [-0.39, 0.29) is 26.4 Å². The highest BCUT2D eigenvalue weighted by Crippen LogP contribution is 2.22. The summed E-state index contributed by atoms with van der Waals surface area (Å²) in [6.45, 7) is -0.408. The van der Waals surface area contributed by atoms with Crippen molar-refractivity contribution in [3.8, 4) is 0 Å². The van der Waals surface area contributed by atoms with Gasteiger partial charge in [0, 0.05) is 4.57 Å². The lowest BCUT2D eigenvalue weighted by molar-refractivity contribution is 0.154. The Morgan fingerprint density at radius 2 is 1.50 bits per heavy atom. The summed E-state index contributed by atoms with van der Waals surface area (Å²) in [6.07, 6.45) is 0. The molecule has 0 rings (SSSR count). The van der Waals surface area contributed by atoms with E-state index in [1.165, 1.54) is 0 Å². The van der Waals surface area contributed by atoms with Crippen molar-refractivity contribution in [2.24, 2.45) is 0 Å². The molecule has 0 aromatic rings. The van der Waals surface area contributed by atoms with Crippen LogP contribution in [0.1, 0.15) is 0 Å². The third-order valence-electron chi connectivity index (χ3n) is 0.576. The smallest absolute Gasteiger partial charge is 0.394 e. The molecule has 0 aromatic heterocycles. The number of aliphatic hydroxyl groups is 2. The lowest BCUT2D eigenvalue weighted by Gasteiger charge is -1.85. The van der Waals surface area contributed by atoms with E-state index < -0.39 is 8.25 Å². The van der Waals surface area contributed by atoms with E-state index >= 15 is 0 Å². The minimum absolute atomic E-state index is 0.0133. The van der Waals surface area contributed by atoms with Crippen LogP contribution in [-0.4, -0.2) is 36.6 Å². The van der Waals surface area contributed by atoms with E-state index in [0.717, 1.165) is 0 Å². The van der Waals surface area contributed by atoms with Crippen molar-refractivity contribution in [1.82, 2.24) is 0 Å². The average Bonchev–Trinajstić information content (AvgIpc) is 1.97. The highest BCUT2D eigenvalue weighted by atomic mass is 31.1. The van der Waals surface area contributed by atoms with Gasteiger partial charge in [0.1, 0.15) is 13.2 Å². The molecular weight excluding hydrogens is 159 g/mol. The molecule has 0 aliphatic carbocycles. The third kappa shape index (κ3) is 6.07. The van der Waals surface area contributed by atoms with Crippen LogP contribution in [-0.2, 0) is 13.6 Å². The maximum atomic E-state index is 10.4. The van der Waals surface area contributed by atoms with E-state index in [1.54, 1.807) is 0 Å². The molecule has 0 fully saturated rings. The Labute approximate surface area is 59.5 Å². The zero-order chi connectivity index (χ0) is 7.82. The van der Waals surface area contributed by atoms with Gasteiger partial charge in [-0.2, -0.15) is 0 Å². The molecule has 2 N–H and O–H groups in total. The van der Waals surface area contributed by atoms with Crippen molar-refractivity contribution in [2.45, 2.75) is 0 Å². The van der Waals surface area contributed by atoms with Crippen molar-refractivity contribution in [3.05, 3.63) is 0 Å². The molecule has 0 aliphatic heterocycles. The maximum absolute atomic E-state index is 10.4. The van der Waals surface area contributed by atoms with Crippen LogP contribution in [0.25, 0.3) is 0 Å². The predicted molar refractivity (Wildman–Crippen MR) is 33.7 cm³/mol. The molecule has 0 atom stereocenters. The lowest BCUT2D eigenvalue weighted by Crippen LogP contribution is -1.96. The molecule has 6 heteroatoms. The van der Waals surface area contributed by atoms with Gasteiger partial charge in [0.15, 0.2) is 0 Å². The number of hydrogen-bond acceptors (Lipinski definition) is 5. The van der Waals surface area contributed by atoms with Crippen LogP contribution in [0.2, 0.25) is 0 Å². The van der Waals surface area contributed by atoms with Crippen molar-refractivity contribution < 1.29 is 23.8 Å². The first kappa shape index (κ1) is 9.94. The van der Waals surface area contributed by atoms with Gasteiger partial charge >= 0.3 is 8.25 Å². The van der Waals surface area contributed by atoms with Crippen LogP contribution < -0.4 is 0 Å². The standard InChI is InChI=1S/C4H10O5P/c5-1-3-8-10(7)9-4-2-6/h5-6H,1-4H2/q+1. The summed E-state index contributed by atoms with van der Waals surface area (Å²) in [7, 11) is -2.16. The maximum Gasteiger partial charge on any atom is 0.697 e. The monoisotopic (exact) mass is 169 g/mol. The first-order chi connectivity index (χ1) is 4.81. The van der Waals surface area contributed by atoms with Crippen LogP contribution in [0.3, 0.4) is 0 Å². The largest absolute Gasteiger partial charge is 0.697 e. The summed E-state index contributed by atoms with van der Waals surface area (Å²) in [5.41, 5.74) is 0. The van der Waals surface area contributed by atoms with Crippen LogP contribution in [0.4, 0.5) is 0 Å². The van der Waals surface area contributed by atoms with Gasteiger partial charge in [-0.15, -0.1) is 9.05 Å². The molecule has 5 nitrogen and oxygen atoms in total. The van der Waals surface area contributed by atoms with E-state index in [1.807, 2.05) is 0 Å². The third-order valence-corrected chi connectivity index (χ3v) is 1.36. The summed E-state index contributed by atoms with van der Waals surface area (Å²) < 4.78 is 19.3. The molecule has 0 spiro atoms. The fraction of sp³-hybridized carbons (Fsp3) is 1.00. The minimum atomic E-state index is -2.16. The summed E-state index contributed by atoms with van der Waals surface area (Å²) in [6, 6.07) is 0. The van der Waals surface area contributed by atoms with Gasteiger partial charge in [-0.3, -0.25) is 0 Å². The molecule has 0 saturated carbocycles. The molecule has 0 saturated heterocycles. The zero-order valence-corrected chi connectivity index (χ0v) is 6.29. The van der Waals surface area contributed by atoms with E-state index in [9.17, 15) is 4.57 Å². The fourth-order valence-electron chi connectivity index (χ4n) is 0.268. The van der Waals surface area contributed by atoms with Crippen molar-refractivity contribution in [2.75, 3.05) is 26.4 Å². The SMILES string of the molecule is O=[P+](OCCO)OCCO. The molecule has 0 bridgehead atoms. The van der Waals surface area contributed by atoms with Crippen LogP contribution >= 0.6 is 8.25 Å². The van der Waals surface area contributed by atoms with Gasteiger partial charge in [-0.1, -0.05) is 0 Å². The fourth-order valence-corrected chi connectivity index (χ4v) is 0.804. The van der Waals surface area contributed by atoms with Gasteiger partial charge < -0.3 is 10.2 Å². The first-order valence-electron chi connectivity index (χ1n) is 2.76. The van der Waals surface area contributed by atoms with Gasteiger partial charge in [-0.25, -0.2) is 0 Å². The highest BCUT2D eigenvalue weighted by molar-refractivity contribution is 7.33. The van der Waals surface area contributed by atoms with Gasteiger partial charge in [0.25, 0.3) is 0 Å². The quantitative estimate of drug-likeness (QED) is 0.532. The Morgan fingerprint density at radius 3 is 1.80 bits per heavy atom. The molecule has 0 unspecified atom stereocenters. The highest BCUT2D eigenvalue weighted by Gasteiger charge is 2.18. The van der Waals surface area contributed by atoms with Crippen molar-refractivity contribution in [1.29, 1.82) is 0 Å².